The molecule has 0 amide bonds. The summed E-state index contributed by atoms with van der Waals surface area (Å²) in [6.07, 6.45) is 7.28. The van der Waals surface area contributed by atoms with E-state index in [1.165, 1.54) is 0 Å². The molecular weight excluding hydrogens is 270 g/mol. The van der Waals surface area contributed by atoms with Crippen LogP contribution in [0.25, 0.3) is 0 Å². The summed E-state index contributed by atoms with van der Waals surface area (Å²) in [5, 5.41) is -0.439. The van der Waals surface area contributed by atoms with E-state index in [4.69, 9.17) is 19.3 Å². The number of methoxy groups -OCH3 is 1. The van der Waals surface area contributed by atoms with Crippen LogP contribution in [-0.2, 0) is 13.6 Å². The standard InChI is InChI=1S/C15H33NO3Si/c1-6-8-11-14(16)12-9-13-20(18-4,19-5)15(14,17-3)10-7-2/h6-13,16H2,1-5H3. The first-order valence-electron chi connectivity index (χ1n) is 7.95. The molecule has 1 fully saturated rings. The normalized spacial score (nSPS) is 33.3. The van der Waals surface area contributed by atoms with E-state index in [-0.39, 0.29) is 5.54 Å². The first-order chi connectivity index (χ1) is 9.51. The van der Waals surface area contributed by atoms with E-state index in [2.05, 4.69) is 13.8 Å². The average Bonchev–Trinajstić information content (AvgIpc) is 2.47. The molecule has 0 aromatic carbocycles. The third kappa shape index (κ3) is 2.71. The Balaban J connectivity index is 3.26. The van der Waals surface area contributed by atoms with Gasteiger partial charge in [-0.3, -0.25) is 0 Å². The second-order valence-corrected chi connectivity index (χ2v) is 9.69. The molecule has 0 saturated carbocycles. The Kier molecular flexibility index (Phi) is 6.66. The SMILES string of the molecule is CCCCC1(N)CCC[Si](OC)(OC)C1(CCC)OC. The highest BCUT2D eigenvalue weighted by atomic mass is 28.4. The maximum atomic E-state index is 6.90. The molecule has 5 heteroatoms. The van der Waals surface area contributed by atoms with E-state index in [9.17, 15) is 0 Å². The smallest absolute Gasteiger partial charge is 0.372 e. The van der Waals surface area contributed by atoms with Crippen LogP contribution in [0.1, 0.15) is 58.8 Å². The molecule has 0 aromatic rings. The topological polar surface area (TPSA) is 53.7 Å². The molecule has 1 saturated heterocycles. The van der Waals surface area contributed by atoms with Crippen LogP contribution >= 0.6 is 0 Å². The molecule has 1 heterocycles. The lowest BCUT2D eigenvalue weighted by molar-refractivity contribution is -0.0704. The van der Waals surface area contributed by atoms with E-state index in [0.717, 1.165) is 51.0 Å². The van der Waals surface area contributed by atoms with Gasteiger partial charge in [0.05, 0.1) is 0 Å². The zero-order valence-electron chi connectivity index (χ0n) is 14.0. The third-order valence-electron chi connectivity index (χ3n) is 5.13. The van der Waals surface area contributed by atoms with Gasteiger partial charge in [-0.2, -0.15) is 0 Å². The lowest BCUT2D eigenvalue weighted by atomic mass is 9.80. The van der Waals surface area contributed by atoms with Gasteiger partial charge in [0.15, 0.2) is 0 Å². The van der Waals surface area contributed by atoms with Crippen molar-refractivity contribution in [1.29, 1.82) is 0 Å². The summed E-state index contributed by atoms with van der Waals surface area (Å²) in [4.78, 5) is 0. The Labute approximate surface area is 125 Å². The van der Waals surface area contributed by atoms with E-state index in [1.807, 2.05) is 0 Å². The van der Waals surface area contributed by atoms with Crippen LogP contribution in [0.5, 0.6) is 0 Å². The molecule has 2 atom stereocenters. The average molecular weight is 304 g/mol. The Bertz CT molecular complexity index is 299. The van der Waals surface area contributed by atoms with Gasteiger partial charge in [-0.1, -0.05) is 33.1 Å². The molecular formula is C15H33NO3Si. The monoisotopic (exact) mass is 303 g/mol. The number of hydrogen-bond acceptors (Lipinski definition) is 4. The van der Waals surface area contributed by atoms with E-state index < -0.39 is 13.8 Å². The van der Waals surface area contributed by atoms with E-state index >= 15 is 0 Å². The summed E-state index contributed by atoms with van der Waals surface area (Å²) in [5.74, 6) is 0. The highest BCUT2D eigenvalue weighted by Crippen LogP contribution is 2.49. The van der Waals surface area contributed by atoms with Gasteiger partial charge in [0.2, 0.25) is 0 Å². The molecule has 0 radical (unpaired) electrons. The van der Waals surface area contributed by atoms with Crippen molar-refractivity contribution in [3.63, 3.8) is 0 Å². The van der Waals surface area contributed by atoms with Crippen LogP contribution in [0.4, 0.5) is 0 Å². The van der Waals surface area contributed by atoms with Crippen molar-refractivity contribution in [2.24, 2.45) is 5.73 Å². The zero-order valence-corrected chi connectivity index (χ0v) is 15.0. The lowest BCUT2D eigenvalue weighted by Gasteiger charge is -2.57. The Morgan fingerprint density at radius 3 is 2.15 bits per heavy atom. The first-order valence-corrected chi connectivity index (χ1v) is 9.98. The van der Waals surface area contributed by atoms with Crippen LogP contribution in [-0.4, -0.2) is 40.7 Å². The van der Waals surface area contributed by atoms with Crippen molar-refractivity contribution in [1.82, 2.24) is 0 Å². The molecule has 1 aliphatic heterocycles. The van der Waals surface area contributed by atoms with Crippen LogP contribution in [0.15, 0.2) is 0 Å². The van der Waals surface area contributed by atoms with Gasteiger partial charge >= 0.3 is 8.56 Å². The van der Waals surface area contributed by atoms with Crippen molar-refractivity contribution < 1.29 is 13.6 Å². The first kappa shape index (κ1) is 18.1. The Morgan fingerprint density at radius 1 is 1.05 bits per heavy atom. The minimum absolute atomic E-state index is 0.329. The summed E-state index contributed by atoms with van der Waals surface area (Å²) in [6.45, 7) is 4.39. The predicted molar refractivity (Wildman–Crippen MR) is 84.9 cm³/mol. The molecule has 2 unspecified atom stereocenters. The highest BCUT2D eigenvalue weighted by molar-refractivity contribution is 6.71. The molecule has 1 rings (SSSR count). The van der Waals surface area contributed by atoms with Crippen molar-refractivity contribution in [2.45, 2.75) is 75.6 Å². The number of rotatable bonds is 8. The molecule has 20 heavy (non-hydrogen) atoms. The van der Waals surface area contributed by atoms with E-state index in [1.54, 1.807) is 21.3 Å². The molecule has 120 valence electrons. The van der Waals surface area contributed by atoms with Crippen LogP contribution in [0.2, 0.25) is 6.04 Å². The summed E-state index contributed by atoms with van der Waals surface area (Å²) in [5.41, 5.74) is 6.57. The van der Waals surface area contributed by atoms with E-state index in [0.29, 0.717) is 0 Å². The Morgan fingerprint density at radius 2 is 1.70 bits per heavy atom. The van der Waals surface area contributed by atoms with Gasteiger partial charge in [-0.15, -0.1) is 0 Å². The van der Waals surface area contributed by atoms with Crippen molar-refractivity contribution >= 4 is 8.56 Å². The molecule has 4 nitrogen and oxygen atoms in total. The maximum absolute atomic E-state index is 6.90. The minimum atomic E-state index is -2.46. The minimum Gasteiger partial charge on any atom is -0.396 e. The summed E-state index contributed by atoms with van der Waals surface area (Å²) >= 11 is 0. The van der Waals surface area contributed by atoms with Gasteiger partial charge in [-0.05, 0) is 31.7 Å². The lowest BCUT2D eigenvalue weighted by Crippen LogP contribution is -2.78. The Hall–Kier alpha value is 0.0569. The number of unbranched alkanes of at least 4 members (excludes halogenated alkanes) is 1. The predicted octanol–water partition coefficient (Wildman–Crippen LogP) is 3.13. The fraction of sp³-hybridized carbons (Fsp3) is 1.00. The second-order valence-electron chi connectivity index (χ2n) is 6.06. The second kappa shape index (κ2) is 7.36. The maximum Gasteiger partial charge on any atom is 0.372 e. The molecule has 0 aliphatic carbocycles. The molecule has 1 aliphatic rings. The van der Waals surface area contributed by atoms with Crippen molar-refractivity contribution in [2.75, 3.05) is 21.3 Å². The van der Waals surface area contributed by atoms with Crippen molar-refractivity contribution in [3.8, 4) is 0 Å². The van der Waals surface area contributed by atoms with Gasteiger partial charge < -0.3 is 19.3 Å². The molecule has 0 bridgehead atoms. The number of ether oxygens (including phenoxy) is 1. The molecule has 0 aromatic heterocycles. The fourth-order valence-corrected chi connectivity index (χ4v) is 8.34. The van der Waals surface area contributed by atoms with Gasteiger partial charge in [0.25, 0.3) is 0 Å². The third-order valence-corrected chi connectivity index (χ3v) is 9.65. The van der Waals surface area contributed by atoms with Crippen LogP contribution < -0.4 is 5.73 Å². The summed E-state index contributed by atoms with van der Waals surface area (Å²) < 4.78 is 18.1. The molecule has 0 spiro atoms. The van der Waals surface area contributed by atoms with Crippen LogP contribution in [0.3, 0.4) is 0 Å². The number of nitrogens with two attached hydrogens (primary N) is 1. The fourth-order valence-electron chi connectivity index (χ4n) is 4.11. The van der Waals surface area contributed by atoms with Crippen molar-refractivity contribution in [3.05, 3.63) is 0 Å². The van der Waals surface area contributed by atoms with Gasteiger partial charge in [-0.25, -0.2) is 0 Å². The molecule has 2 N–H and O–H groups in total. The summed E-state index contributed by atoms with van der Waals surface area (Å²) in [7, 11) is 2.86. The summed E-state index contributed by atoms with van der Waals surface area (Å²) in [6, 6.07) is 0.971. The quantitative estimate of drug-likeness (QED) is 0.700. The number of hydrogen-bond donors (Lipinski definition) is 1. The highest BCUT2D eigenvalue weighted by Gasteiger charge is 2.67. The zero-order chi connectivity index (χ0) is 15.3. The van der Waals surface area contributed by atoms with Gasteiger partial charge in [0, 0.05) is 26.9 Å². The largest absolute Gasteiger partial charge is 0.396 e. The van der Waals surface area contributed by atoms with Crippen LogP contribution in [0, 0.1) is 0 Å². The van der Waals surface area contributed by atoms with Gasteiger partial charge in [0.1, 0.15) is 5.22 Å².